The molecule has 2 aromatic rings. The number of hydrogen-bond acceptors (Lipinski definition) is 4. The van der Waals surface area contributed by atoms with Crippen molar-refractivity contribution in [1.82, 2.24) is 14.7 Å². The van der Waals surface area contributed by atoms with Gasteiger partial charge in [-0.1, -0.05) is 32.0 Å². The largest absolute Gasteiger partial charge is 0.489 e. The van der Waals surface area contributed by atoms with E-state index in [1.807, 2.05) is 44.2 Å². The maximum Gasteiger partial charge on any atom is 0.311 e. The van der Waals surface area contributed by atoms with Gasteiger partial charge in [-0.3, -0.25) is 9.59 Å². The number of carbonyl (C=O) groups excluding carboxylic acids is 1. The van der Waals surface area contributed by atoms with Crippen LogP contribution in [-0.2, 0) is 4.79 Å². The third-order valence-electron chi connectivity index (χ3n) is 4.75. The predicted molar refractivity (Wildman–Crippen MR) is 100 cm³/mol. The van der Waals surface area contributed by atoms with Gasteiger partial charge in [0.1, 0.15) is 0 Å². The number of para-hydroxylation sites is 1. The third kappa shape index (κ3) is 3.97. The van der Waals surface area contributed by atoms with Gasteiger partial charge < -0.3 is 14.7 Å². The fourth-order valence-corrected chi connectivity index (χ4v) is 3.04. The van der Waals surface area contributed by atoms with E-state index in [4.69, 9.17) is 4.74 Å². The molecule has 2 heterocycles. The molecule has 144 valence electrons. The van der Waals surface area contributed by atoms with Gasteiger partial charge in [0.15, 0.2) is 11.4 Å². The van der Waals surface area contributed by atoms with Gasteiger partial charge in [-0.05, 0) is 31.4 Å². The van der Waals surface area contributed by atoms with Crippen LogP contribution in [0, 0.1) is 11.3 Å². The summed E-state index contributed by atoms with van der Waals surface area (Å²) < 4.78 is 7.45. The third-order valence-corrected chi connectivity index (χ3v) is 4.75. The van der Waals surface area contributed by atoms with Crippen LogP contribution in [-0.4, -0.2) is 51.4 Å². The van der Waals surface area contributed by atoms with Crippen molar-refractivity contribution in [3.8, 4) is 11.4 Å². The summed E-state index contributed by atoms with van der Waals surface area (Å²) in [5, 5.41) is 13.9. The van der Waals surface area contributed by atoms with Crippen LogP contribution in [0.2, 0.25) is 0 Å². The molecule has 27 heavy (non-hydrogen) atoms. The van der Waals surface area contributed by atoms with Crippen molar-refractivity contribution in [3.63, 3.8) is 0 Å². The van der Waals surface area contributed by atoms with Crippen LogP contribution < -0.4 is 4.74 Å². The molecule has 1 N–H and O–H groups in total. The minimum absolute atomic E-state index is 0.170. The van der Waals surface area contributed by atoms with Gasteiger partial charge in [0, 0.05) is 13.1 Å². The van der Waals surface area contributed by atoms with Gasteiger partial charge in [0.2, 0.25) is 0 Å². The molecule has 1 unspecified atom stereocenters. The molecule has 0 spiro atoms. The predicted octanol–water partition coefficient (Wildman–Crippen LogP) is 2.84. The summed E-state index contributed by atoms with van der Waals surface area (Å²) >= 11 is 0. The first kappa shape index (κ1) is 18.9. The molecule has 1 atom stereocenters. The first-order chi connectivity index (χ1) is 12.8. The van der Waals surface area contributed by atoms with Crippen LogP contribution in [0.3, 0.4) is 0 Å². The number of nitrogens with zero attached hydrogens (tertiary/aromatic N) is 3. The van der Waals surface area contributed by atoms with E-state index >= 15 is 0 Å². The number of rotatable bonds is 6. The molecule has 0 bridgehead atoms. The van der Waals surface area contributed by atoms with Crippen LogP contribution in [0.4, 0.5) is 0 Å². The van der Waals surface area contributed by atoms with Crippen molar-refractivity contribution in [3.05, 3.63) is 42.2 Å². The second-order valence-corrected chi connectivity index (χ2v) is 7.67. The molecule has 1 amide bonds. The average Bonchev–Trinajstić information content (AvgIpc) is 3.25. The van der Waals surface area contributed by atoms with Crippen LogP contribution in [0.25, 0.3) is 5.69 Å². The van der Waals surface area contributed by atoms with Crippen molar-refractivity contribution >= 4 is 11.9 Å². The Morgan fingerprint density at radius 3 is 2.59 bits per heavy atom. The van der Waals surface area contributed by atoms with Gasteiger partial charge in [-0.2, -0.15) is 5.10 Å². The number of carboxylic acids is 1. The van der Waals surface area contributed by atoms with E-state index in [1.165, 1.54) is 0 Å². The number of carboxylic acid groups (broad SMARTS) is 1. The first-order valence-electron chi connectivity index (χ1n) is 9.11. The van der Waals surface area contributed by atoms with Crippen LogP contribution in [0.5, 0.6) is 5.75 Å². The lowest BCUT2D eigenvalue weighted by atomic mass is 9.90. The van der Waals surface area contributed by atoms with E-state index in [9.17, 15) is 14.7 Å². The Kier molecular flexibility index (Phi) is 5.21. The minimum atomic E-state index is -0.920. The topological polar surface area (TPSA) is 84.7 Å². The van der Waals surface area contributed by atoms with Crippen molar-refractivity contribution < 1.29 is 19.4 Å². The van der Waals surface area contributed by atoms with Crippen LogP contribution in [0.15, 0.2) is 36.5 Å². The van der Waals surface area contributed by atoms with Gasteiger partial charge >= 0.3 is 5.97 Å². The lowest BCUT2D eigenvalue weighted by Crippen LogP contribution is -2.35. The van der Waals surface area contributed by atoms with Crippen LogP contribution >= 0.6 is 0 Å². The molecule has 1 fully saturated rings. The fraction of sp³-hybridized carbons (Fsp3) is 0.450. The molecular formula is C20H25N3O4. The summed E-state index contributed by atoms with van der Waals surface area (Å²) in [6.45, 7) is 6.76. The van der Waals surface area contributed by atoms with E-state index in [2.05, 4.69) is 5.10 Å². The molecule has 1 saturated heterocycles. The number of ether oxygens (including phenoxy) is 1. The van der Waals surface area contributed by atoms with Gasteiger partial charge in [-0.15, -0.1) is 0 Å². The Morgan fingerprint density at radius 1 is 1.30 bits per heavy atom. The molecule has 7 heteroatoms. The molecular weight excluding hydrogens is 346 g/mol. The Bertz CT molecular complexity index is 831. The monoisotopic (exact) mass is 371 g/mol. The molecule has 1 aliphatic heterocycles. The molecule has 1 aromatic carbocycles. The summed E-state index contributed by atoms with van der Waals surface area (Å²) in [5.74, 6) is -0.464. The van der Waals surface area contributed by atoms with E-state index in [0.717, 1.165) is 5.69 Å². The lowest BCUT2D eigenvalue weighted by molar-refractivity contribution is -0.147. The number of hydrogen-bond donors (Lipinski definition) is 1. The molecule has 0 saturated carbocycles. The molecule has 0 radical (unpaired) electrons. The van der Waals surface area contributed by atoms with E-state index in [-0.39, 0.29) is 18.1 Å². The summed E-state index contributed by atoms with van der Waals surface area (Å²) in [6.07, 6.45) is 2.13. The second-order valence-electron chi connectivity index (χ2n) is 7.67. The van der Waals surface area contributed by atoms with Crippen LogP contribution in [0.1, 0.15) is 37.7 Å². The summed E-state index contributed by atoms with van der Waals surface area (Å²) in [6, 6.07) is 9.49. The van der Waals surface area contributed by atoms with Crippen molar-refractivity contribution in [2.24, 2.45) is 11.3 Å². The molecule has 3 rings (SSSR count). The minimum Gasteiger partial charge on any atom is -0.489 e. The highest BCUT2D eigenvalue weighted by Crippen LogP contribution is 2.32. The number of likely N-dealkylation sites (tertiary alicyclic amines) is 1. The summed E-state index contributed by atoms with van der Waals surface area (Å²) in [5.41, 5.74) is 0.119. The average molecular weight is 371 g/mol. The van der Waals surface area contributed by atoms with E-state index in [1.54, 1.807) is 22.7 Å². The normalized spacial score (nSPS) is 19.5. The fourth-order valence-electron chi connectivity index (χ4n) is 3.04. The van der Waals surface area contributed by atoms with Crippen molar-refractivity contribution in [2.75, 3.05) is 19.7 Å². The Balaban J connectivity index is 1.89. The Labute approximate surface area is 158 Å². The maximum atomic E-state index is 13.0. The quantitative estimate of drug-likeness (QED) is 0.844. The van der Waals surface area contributed by atoms with Gasteiger partial charge in [0.05, 0.1) is 23.9 Å². The number of amides is 1. The van der Waals surface area contributed by atoms with E-state index in [0.29, 0.717) is 31.2 Å². The molecule has 1 aliphatic rings. The highest BCUT2D eigenvalue weighted by Gasteiger charge is 2.43. The Hall–Kier alpha value is -2.83. The smallest absolute Gasteiger partial charge is 0.311 e. The number of carbonyl (C=O) groups is 2. The zero-order valence-electron chi connectivity index (χ0n) is 15.9. The second kappa shape index (κ2) is 7.42. The van der Waals surface area contributed by atoms with Crippen molar-refractivity contribution in [1.29, 1.82) is 0 Å². The summed E-state index contributed by atoms with van der Waals surface area (Å²) in [7, 11) is 0. The molecule has 7 nitrogen and oxygen atoms in total. The highest BCUT2D eigenvalue weighted by molar-refractivity contribution is 5.95. The van der Waals surface area contributed by atoms with Gasteiger partial charge in [-0.25, -0.2) is 4.68 Å². The Morgan fingerprint density at radius 2 is 2.00 bits per heavy atom. The SMILES string of the molecule is CC(C)COc1cn(-c2ccccc2)nc1C(=O)N1CCC(C)(C(=O)O)C1. The first-order valence-corrected chi connectivity index (χ1v) is 9.11. The summed E-state index contributed by atoms with van der Waals surface area (Å²) in [4.78, 5) is 26.1. The maximum absolute atomic E-state index is 13.0. The zero-order valence-corrected chi connectivity index (χ0v) is 15.9. The van der Waals surface area contributed by atoms with Crippen molar-refractivity contribution in [2.45, 2.75) is 27.2 Å². The van der Waals surface area contributed by atoms with Gasteiger partial charge in [0.25, 0.3) is 5.91 Å². The lowest BCUT2D eigenvalue weighted by Gasteiger charge is -2.19. The molecule has 1 aromatic heterocycles. The number of aromatic nitrogens is 2. The van der Waals surface area contributed by atoms with E-state index < -0.39 is 11.4 Å². The highest BCUT2D eigenvalue weighted by atomic mass is 16.5. The zero-order chi connectivity index (χ0) is 19.6. The molecule has 0 aliphatic carbocycles. The standard InChI is InChI=1S/C20H25N3O4/c1-14(2)12-27-16-11-23(15-7-5-4-6-8-15)21-17(16)18(24)22-10-9-20(3,13-22)19(25)26/h4-8,11,14H,9-10,12-13H2,1-3H3,(H,25,26). The number of aliphatic carboxylic acids is 1. The number of benzene rings is 1.